The van der Waals surface area contributed by atoms with E-state index >= 15 is 0 Å². The Hall–Kier alpha value is -1.44. The number of halogens is 6. The predicted molar refractivity (Wildman–Crippen MR) is 89.7 cm³/mol. The number of hydrogen-bond acceptors (Lipinski definition) is 2. The van der Waals surface area contributed by atoms with Crippen LogP contribution >= 0.6 is 39.1 Å². The maximum atomic E-state index is 12.8. The van der Waals surface area contributed by atoms with Crippen LogP contribution in [0.4, 0.5) is 18.9 Å². The number of benzene rings is 2. The molecule has 0 unspecified atom stereocenters. The SMILES string of the molecule is O=C(COc1ccc(Cl)cc1Br)Nc1ccc(Cl)c(C(F)(F)F)c1. The third kappa shape index (κ3) is 5.03. The van der Waals surface area contributed by atoms with Crippen LogP contribution in [0.5, 0.6) is 5.75 Å². The minimum Gasteiger partial charge on any atom is -0.483 e. The molecule has 0 heterocycles. The highest BCUT2D eigenvalue weighted by Gasteiger charge is 2.33. The van der Waals surface area contributed by atoms with Gasteiger partial charge in [0, 0.05) is 10.7 Å². The fourth-order valence-electron chi connectivity index (χ4n) is 1.75. The molecule has 0 bridgehead atoms. The molecule has 0 spiro atoms. The number of alkyl halides is 3. The molecule has 0 aliphatic carbocycles. The van der Waals surface area contributed by atoms with Crippen molar-refractivity contribution in [1.29, 1.82) is 0 Å². The van der Waals surface area contributed by atoms with Gasteiger partial charge < -0.3 is 10.1 Å². The van der Waals surface area contributed by atoms with E-state index in [1.807, 2.05) is 0 Å². The van der Waals surface area contributed by atoms with Crippen molar-refractivity contribution in [1.82, 2.24) is 0 Å². The van der Waals surface area contributed by atoms with Crippen molar-refractivity contribution >= 4 is 50.7 Å². The Morgan fingerprint density at radius 2 is 1.88 bits per heavy atom. The monoisotopic (exact) mass is 441 g/mol. The molecule has 0 aliphatic rings. The molecule has 0 saturated heterocycles. The summed E-state index contributed by atoms with van der Waals surface area (Å²) in [5, 5.41) is 2.36. The van der Waals surface area contributed by atoms with Crippen molar-refractivity contribution in [3.63, 3.8) is 0 Å². The number of ether oxygens (including phenoxy) is 1. The van der Waals surface area contributed by atoms with Crippen LogP contribution in [0.25, 0.3) is 0 Å². The smallest absolute Gasteiger partial charge is 0.417 e. The van der Waals surface area contributed by atoms with Crippen LogP contribution in [0.15, 0.2) is 40.9 Å². The first kappa shape index (κ1) is 18.9. The lowest BCUT2D eigenvalue weighted by atomic mass is 10.2. The summed E-state index contributed by atoms with van der Waals surface area (Å²) < 4.78 is 44.2. The summed E-state index contributed by atoms with van der Waals surface area (Å²) in [5.41, 5.74) is -1.06. The van der Waals surface area contributed by atoms with Gasteiger partial charge >= 0.3 is 6.18 Å². The molecule has 24 heavy (non-hydrogen) atoms. The quantitative estimate of drug-likeness (QED) is 0.650. The Balaban J connectivity index is 2.02. The van der Waals surface area contributed by atoms with Gasteiger partial charge in [-0.25, -0.2) is 0 Å². The van der Waals surface area contributed by atoms with Gasteiger partial charge in [0.1, 0.15) is 5.75 Å². The third-order valence-electron chi connectivity index (χ3n) is 2.81. The van der Waals surface area contributed by atoms with Gasteiger partial charge in [0.25, 0.3) is 5.91 Å². The summed E-state index contributed by atoms with van der Waals surface area (Å²) in [7, 11) is 0. The van der Waals surface area contributed by atoms with Crippen molar-refractivity contribution in [3.05, 3.63) is 56.5 Å². The van der Waals surface area contributed by atoms with Gasteiger partial charge in [-0.1, -0.05) is 23.2 Å². The summed E-state index contributed by atoms with van der Waals surface area (Å²) in [4.78, 5) is 11.8. The Morgan fingerprint density at radius 1 is 1.17 bits per heavy atom. The van der Waals surface area contributed by atoms with Crippen LogP contribution < -0.4 is 10.1 Å². The van der Waals surface area contributed by atoms with E-state index < -0.39 is 22.7 Å². The number of hydrogen-bond donors (Lipinski definition) is 1. The van der Waals surface area contributed by atoms with Crippen LogP contribution in [0.1, 0.15) is 5.56 Å². The minimum absolute atomic E-state index is 0.0319. The van der Waals surface area contributed by atoms with E-state index in [1.54, 1.807) is 18.2 Å². The van der Waals surface area contributed by atoms with Crippen LogP contribution in [-0.2, 0) is 11.0 Å². The Bertz CT molecular complexity index is 769. The number of amides is 1. The Labute approximate surface area is 153 Å². The molecule has 0 atom stereocenters. The molecule has 0 saturated carbocycles. The second-order valence-electron chi connectivity index (χ2n) is 4.60. The van der Waals surface area contributed by atoms with Gasteiger partial charge in [-0.05, 0) is 52.3 Å². The standard InChI is InChI=1S/C15H9BrCl2F3NO2/c16-11-5-8(17)1-4-13(11)24-7-14(23)22-9-2-3-12(18)10(6-9)15(19,20)21/h1-6H,7H2,(H,22,23). The van der Waals surface area contributed by atoms with Gasteiger partial charge in [-0.3, -0.25) is 4.79 Å². The highest BCUT2D eigenvalue weighted by Crippen LogP contribution is 2.36. The molecule has 0 fully saturated rings. The zero-order valence-corrected chi connectivity index (χ0v) is 14.9. The highest BCUT2D eigenvalue weighted by molar-refractivity contribution is 9.10. The number of carbonyl (C=O) groups is 1. The maximum Gasteiger partial charge on any atom is 0.417 e. The van der Waals surface area contributed by atoms with E-state index in [1.165, 1.54) is 6.07 Å². The summed E-state index contributed by atoms with van der Waals surface area (Å²) in [5.74, 6) is -0.242. The number of nitrogens with one attached hydrogen (secondary N) is 1. The van der Waals surface area contributed by atoms with Crippen LogP contribution in [0.2, 0.25) is 10.0 Å². The maximum absolute atomic E-state index is 12.8. The molecule has 2 rings (SSSR count). The van der Waals surface area contributed by atoms with Gasteiger partial charge in [-0.15, -0.1) is 0 Å². The average Bonchev–Trinajstić information content (AvgIpc) is 2.47. The molecule has 2 aromatic rings. The summed E-state index contributed by atoms with van der Waals surface area (Å²) in [6.45, 7) is -0.385. The highest BCUT2D eigenvalue weighted by atomic mass is 79.9. The number of rotatable bonds is 4. The predicted octanol–water partition coefficient (Wildman–Crippen LogP) is 5.79. The lowest BCUT2D eigenvalue weighted by molar-refractivity contribution is -0.137. The average molecular weight is 443 g/mol. The first-order valence-electron chi connectivity index (χ1n) is 6.41. The van der Waals surface area contributed by atoms with Gasteiger partial charge in [0.2, 0.25) is 0 Å². The molecule has 0 aromatic heterocycles. The molecule has 1 amide bonds. The first-order chi connectivity index (χ1) is 11.2. The van der Waals surface area contributed by atoms with Crippen molar-refractivity contribution in [2.45, 2.75) is 6.18 Å². The van der Waals surface area contributed by atoms with Crippen molar-refractivity contribution in [2.24, 2.45) is 0 Å². The normalized spacial score (nSPS) is 11.2. The van der Waals surface area contributed by atoms with E-state index in [0.29, 0.717) is 15.2 Å². The van der Waals surface area contributed by atoms with Crippen molar-refractivity contribution in [2.75, 3.05) is 11.9 Å². The largest absolute Gasteiger partial charge is 0.483 e. The topological polar surface area (TPSA) is 38.3 Å². The van der Waals surface area contributed by atoms with Crippen LogP contribution in [0.3, 0.4) is 0 Å². The second-order valence-corrected chi connectivity index (χ2v) is 6.30. The molecule has 128 valence electrons. The first-order valence-corrected chi connectivity index (χ1v) is 7.96. The fraction of sp³-hybridized carbons (Fsp3) is 0.133. The van der Waals surface area contributed by atoms with E-state index in [2.05, 4.69) is 21.2 Å². The van der Waals surface area contributed by atoms with E-state index in [9.17, 15) is 18.0 Å². The zero-order chi connectivity index (χ0) is 17.9. The zero-order valence-electron chi connectivity index (χ0n) is 11.8. The molecule has 3 nitrogen and oxygen atoms in total. The molecule has 1 N–H and O–H groups in total. The van der Waals surface area contributed by atoms with Crippen molar-refractivity contribution < 1.29 is 22.7 Å². The lowest BCUT2D eigenvalue weighted by Gasteiger charge is -2.12. The van der Waals surface area contributed by atoms with E-state index in [0.717, 1.165) is 12.1 Å². The van der Waals surface area contributed by atoms with Crippen molar-refractivity contribution in [3.8, 4) is 5.75 Å². The Morgan fingerprint density at radius 3 is 2.50 bits per heavy atom. The molecule has 9 heteroatoms. The number of anilines is 1. The third-order valence-corrected chi connectivity index (χ3v) is 3.99. The fourth-order valence-corrected chi connectivity index (χ4v) is 2.77. The van der Waals surface area contributed by atoms with Crippen LogP contribution in [0, 0.1) is 0 Å². The van der Waals surface area contributed by atoms with Gasteiger partial charge in [0.05, 0.1) is 15.1 Å². The second kappa shape index (κ2) is 7.63. The molecular formula is C15H9BrCl2F3NO2. The van der Waals surface area contributed by atoms with Gasteiger partial charge in [0.15, 0.2) is 6.61 Å². The molecule has 0 aliphatic heterocycles. The van der Waals surface area contributed by atoms with E-state index in [-0.39, 0.29) is 12.3 Å². The summed E-state index contributed by atoms with van der Waals surface area (Å²) in [6.07, 6.45) is -4.61. The van der Waals surface area contributed by atoms with Crippen LogP contribution in [-0.4, -0.2) is 12.5 Å². The summed E-state index contributed by atoms with van der Waals surface area (Å²) in [6, 6.07) is 7.82. The lowest BCUT2D eigenvalue weighted by Crippen LogP contribution is -2.20. The number of carbonyl (C=O) groups excluding carboxylic acids is 1. The van der Waals surface area contributed by atoms with Gasteiger partial charge in [-0.2, -0.15) is 13.2 Å². The summed E-state index contributed by atoms with van der Waals surface area (Å²) >= 11 is 14.5. The molecule has 2 aromatic carbocycles. The minimum atomic E-state index is -4.61. The molecule has 0 radical (unpaired) electrons. The van der Waals surface area contributed by atoms with E-state index in [4.69, 9.17) is 27.9 Å². The Kier molecular flexibility index (Phi) is 6.01. The molecular weight excluding hydrogens is 434 g/mol.